The molecule has 0 N–H and O–H groups in total. The Bertz CT molecular complexity index is 2820. The van der Waals surface area contributed by atoms with Crippen molar-refractivity contribution in [3.63, 3.8) is 0 Å². The van der Waals surface area contributed by atoms with Crippen LogP contribution in [0.25, 0.3) is 75.4 Å². The summed E-state index contributed by atoms with van der Waals surface area (Å²) in [7, 11) is 0. The minimum absolute atomic E-state index is 0.627. The number of thiophene rings is 1. The highest BCUT2D eigenvalue weighted by molar-refractivity contribution is 7.26. The number of para-hydroxylation sites is 1. The van der Waals surface area contributed by atoms with Crippen molar-refractivity contribution in [2.45, 2.75) is 0 Å². The first kappa shape index (κ1) is 27.8. The predicted octanol–water partition coefficient (Wildman–Crippen LogP) is 13.3. The molecule has 0 saturated carbocycles. The molecule has 3 nitrogen and oxygen atoms in total. The Labute approximate surface area is 286 Å². The number of benzene rings is 8. The van der Waals surface area contributed by atoms with Crippen LogP contribution in [0.5, 0.6) is 0 Å². The van der Waals surface area contributed by atoms with E-state index in [-0.39, 0.29) is 0 Å². The number of aromatic nitrogens is 1. The molecule has 10 aromatic rings. The smallest absolute Gasteiger partial charge is 0.227 e. The highest BCUT2D eigenvalue weighted by Crippen LogP contribution is 2.47. The number of hydrogen-bond donors (Lipinski definition) is 0. The van der Waals surface area contributed by atoms with Gasteiger partial charge in [-0.15, -0.1) is 11.3 Å². The van der Waals surface area contributed by atoms with E-state index in [0.717, 1.165) is 49.9 Å². The first-order chi connectivity index (χ1) is 24.3. The van der Waals surface area contributed by atoms with Crippen LogP contribution in [0.2, 0.25) is 0 Å². The Kier molecular flexibility index (Phi) is 6.36. The molecule has 4 heteroatoms. The Morgan fingerprint density at radius 3 is 2.04 bits per heavy atom. The van der Waals surface area contributed by atoms with Gasteiger partial charge in [-0.1, -0.05) is 109 Å². The molecule has 2 aromatic heterocycles. The van der Waals surface area contributed by atoms with Gasteiger partial charge in [-0.05, 0) is 87.9 Å². The van der Waals surface area contributed by atoms with Gasteiger partial charge in [0.15, 0.2) is 5.58 Å². The van der Waals surface area contributed by atoms with Gasteiger partial charge in [0.2, 0.25) is 5.89 Å². The topological polar surface area (TPSA) is 29.3 Å². The quantitative estimate of drug-likeness (QED) is 0.175. The van der Waals surface area contributed by atoms with E-state index >= 15 is 0 Å². The van der Waals surface area contributed by atoms with Crippen molar-refractivity contribution in [3.05, 3.63) is 170 Å². The van der Waals surface area contributed by atoms with E-state index in [1.807, 2.05) is 41.7 Å². The minimum Gasteiger partial charge on any atom is -0.435 e. The van der Waals surface area contributed by atoms with Gasteiger partial charge in [0.1, 0.15) is 5.52 Å². The van der Waals surface area contributed by atoms with Crippen LogP contribution in [0, 0.1) is 0 Å². The van der Waals surface area contributed by atoms with Crippen LogP contribution in [0.4, 0.5) is 17.1 Å². The second kappa shape index (κ2) is 11.2. The van der Waals surface area contributed by atoms with E-state index in [1.165, 1.54) is 36.7 Å². The van der Waals surface area contributed by atoms with Crippen molar-refractivity contribution in [2.75, 3.05) is 4.90 Å². The van der Waals surface area contributed by atoms with Gasteiger partial charge in [-0.3, -0.25) is 0 Å². The van der Waals surface area contributed by atoms with Crippen molar-refractivity contribution < 1.29 is 4.42 Å². The second-order valence-corrected chi connectivity index (χ2v) is 13.4. The van der Waals surface area contributed by atoms with Gasteiger partial charge in [0.25, 0.3) is 0 Å². The number of rotatable bonds is 5. The summed E-state index contributed by atoms with van der Waals surface area (Å²) >= 11 is 1.85. The zero-order valence-electron chi connectivity index (χ0n) is 26.4. The Morgan fingerprint density at radius 1 is 0.510 bits per heavy atom. The molecule has 0 aliphatic heterocycles. The highest BCUT2D eigenvalue weighted by atomic mass is 32.1. The van der Waals surface area contributed by atoms with Gasteiger partial charge < -0.3 is 9.32 Å². The third-order valence-electron chi connectivity index (χ3n) is 9.45. The Morgan fingerprint density at radius 2 is 1.22 bits per heavy atom. The van der Waals surface area contributed by atoms with Crippen molar-refractivity contribution in [3.8, 4) is 22.6 Å². The first-order valence-electron chi connectivity index (χ1n) is 16.5. The molecule has 230 valence electrons. The van der Waals surface area contributed by atoms with Crippen LogP contribution >= 0.6 is 11.3 Å². The van der Waals surface area contributed by atoms with Crippen molar-refractivity contribution >= 4 is 81.2 Å². The molecular formula is C45H28N2OS. The van der Waals surface area contributed by atoms with Gasteiger partial charge in [-0.2, -0.15) is 0 Å². The minimum atomic E-state index is 0.627. The molecule has 10 rings (SSSR count). The fraction of sp³-hybridized carbons (Fsp3) is 0. The molecule has 49 heavy (non-hydrogen) atoms. The second-order valence-electron chi connectivity index (χ2n) is 12.3. The van der Waals surface area contributed by atoms with E-state index in [9.17, 15) is 0 Å². The number of hydrogen-bond acceptors (Lipinski definition) is 4. The van der Waals surface area contributed by atoms with E-state index < -0.39 is 0 Å². The lowest BCUT2D eigenvalue weighted by Gasteiger charge is -2.26. The Hall–Kier alpha value is -6.23. The average Bonchev–Trinajstić information content (AvgIpc) is 3.78. The maximum Gasteiger partial charge on any atom is 0.227 e. The largest absolute Gasteiger partial charge is 0.435 e. The van der Waals surface area contributed by atoms with Crippen LogP contribution in [0.3, 0.4) is 0 Å². The summed E-state index contributed by atoms with van der Waals surface area (Å²) in [6.07, 6.45) is 0. The molecular weight excluding hydrogens is 617 g/mol. The van der Waals surface area contributed by atoms with Crippen LogP contribution in [0.1, 0.15) is 0 Å². The van der Waals surface area contributed by atoms with Gasteiger partial charge in [0, 0.05) is 37.8 Å². The van der Waals surface area contributed by atoms with E-state index in [4.69, 9.17) is 9.40 Å². The summed E-state index contributed by atoms with van der Waals surface area (Å²) in [5.41, 5.74) is 8.32. The molecule has 0 atom stereocenters. The SMILES string of the molecule is c1ccc(-c2nc3ccc4cc(-c5ccccc5)c5ccc(N(c6ccccc6)c6cccc7c6sc6ccccc67)cc5c4c3o2)cc1. The lowest BCUT2D eigenvalue weighted by Crippen LogP contribution is -2.10. The number of nitrogens with zero attached hydrogens (tertiary/aromatic N) is 2. The molecule has 0 fully saturated rings. The Balaban J connectivity index is 1.29. The third-order valence-corrected chi connectivity index (χ3v) is 10.7. The summed E-state index contributed by atoms with van der Waals surface area (Å²) < 4.78 is 9.21. The van der Waals surface area contributed by atoms with E-state index in [0.29, 0.717) is 5.89 Å². The van der Waals surface area contributed by atoms with Gasteiger partial charge in [-0.25, -0.2) is 4.98 Å². The summed E-state index contributed by atoms with van der Waals surface area (Å²) in [4.78, 5) is 7.35. The maximum absolute atomic E-state index is 6.66. The number of anilines is 3. The highest BCUT2D eigenvalue weighted by Gasteiger charge is 2.21. The summed E-state index contributed by atoms with van der Waals surface area (Å²) in [6, 6.07) is 60.3. The lowest BCUT2D eigenvalue weighted by molar-refractivity contribution is 0.623. The molecule has 0 aliphatic rings. The fourth-order valence-corrected chi connectivity index (χ4v) is 8.43. The molecule has 0 radical (unpaired) electrons. The molecule has 8 aromatic carbocycles. The molecule has 0 amide bonds. The van der Waals surface area contributed by atoms with E-state index in [1.54, 1.807) is 0 Å². The van der Waals surface area contributed by atoms with Gasteiger partial charge in [0.05, 0.1) is 10.4 Å². The molecule has 0 spiro atoms. The van der Waals surface area contributed by atoms with Crippen LogP contribution in [-0.2, 0) is 0 Å². The zero-order valence-corrected chi connectivity index (χ0v) is 27.2. The van der Waals surface area contributed by atoms with Crippen LogP contribution in [-0.4, -0.2) is 4.98 Å². The zero-order chi connectivity index (χ0) is 32.3. The third kappa shape index (κ3) is 4.53. The molecule has 0 unspecified atom stereocenters. The normalized spacial score (nSPS) is 11.7. The monoisotopic (exact) mass is 644 g/mol. The molecule has 0 aliphatic carbocycles. The van der Waals surface area contributed by atoms with Gasteiger partial charge >= 0.3 is 0 Å². The molecule has 0 saturated heterocycles. The predicted molar refractivity (Wildman–Crippen MR) is 207 cm³/mol. The van der Waals surface area contributed by atoms with Crippen LogP contribution < -0.4 is 4.90 Å². The van der Waals surface area contributed by atoms with Crippen molar-refractivity contribution in [2.24, 2.45) is 0 Å². The summed E-state index contributed by atoms with van der Waals surface area (Å²) in [5, 5.41) is 7.03. The van der Waals surface area contributed by atoms with Crippen LogP contribution in [0.15, 0.2) is 174 Å². The van der Waals surface area contributed by atoms with Crippen molar-refractivity contribution in [1.29, 1.82) is 0 Å². The average molecular weight is 645 g/mol. The number of oxazole rings is 1. The summed E-state index contributed by atoms with van der Waals surface area (Å²) in [6.45, 7) is 0. The molecule has 0 bridgehead atoms. The maximum atomic E-state index is 6.66. The summed E-state index contributed by atoms with van der Waals surface area (Å²) in [5.74, 6) is 0.627. The molecule has 2 heterocycles. The number of fused-ring (bicyclic) bond motifs is 8. The fourth-order valence-electron chi connectivity index (χ4n) is 7.22. The first-order valence-corrected chi connectivity index (χ1v) is 17.3. The van der Waals surface area contributed by atoms with Crippen molar-refractivity contribution in [1.82, 2.24) is 4.98 Å². The standard InChI is InChI=1S/C45H28N2OS/c1-4-13-29(14-5-1)37-27-31-23-26-39-43(48-45(46-39)30-15-6-2-7-16-30)42(31)38-28-33(24-25-34(37)38)47(32-17-8-3-9-18-32)40-21-12-20-36-35-19-10-11-22-41(35)49-44(36)40/h1-28H. The van der Waals surface area contributed by atoms with E-state index in [2.05, 4.69) is 144 Å². The lowest BCUT2D eigenvalue weighted by atomic mass is 9.92.